The molecule has 0 radical (unpaired) electrons. The first kappa shape index (κ1) is 24.5. The van der Waals surface area contributed by atoms with Crippen LogP contribution in [-0.4, -0.2) is 96.8 Å². The topological polar surface area (TPSA) is 93.6 Å². The summed E-state index contributed by atoms with van der Waals surface area (Å²) >= 11 is 0. The van der Waals surface area contributed by atoms with E-state index in [2.05, 4.69) is 18.7 Å². The third kappa shape index (κ3) is 3.56. The number of hydrogen-bond acceptors (Lipinski definition) is 6. The fourth-order valence-electron chi connectivity index (χ4n) is 6.27. The van der Waals surface area contributed by atoms with Crippen molar-refractivity contribution in [2.45, 2.75) is 31.6 Å². The molecule has 0 aromatic heterocycles. The molecule has 36 heavy (non-hydrogen) atoms. The lowest BCUT2D eigenvalue weighted by Gasteiger charge is -2.35. The van der Waals surface area contributed by atoms with Crippen LogP contribution in [0, 0.1) is 11.8 Å². The fourth-order valence-corrected chi connectivity index (χ4v) is 6.27. The lowest BCUT2D eigenvalue weighted by atomic mass is 9.77. The Morgan fingerprint density at radius 3 is 2.42 bits per heavy atom. The van der Waals surface area contributed by atoms with Crippen LogP contribution in [0.4, 0.5) is 11.4 Å². The maximum Gasteiger partial charge on any atom is 0.253 e. The van der Waals surface area contributed by atoms with Crippen LogP contribution < -0.4 is 9.80 Å². The number of benzene rings is 1. The summed E-state index contributed by atoms with van der Waals surface area (Å²) in [6.07, 6.45) is 6.80. The van der Waals surface area contributed by atoms with Gasteiger partial charge in [-0.15, -0.1) is 0 Å². The van der Waals surface area contributed by atoms with Gasteiger partial charge in [-0.3, -0.25) is 14.4 Å². The number of aliphatic hydroxyl groups excluding tert-OH is 1. The lowest BCUT2D eigenvalue weighted by molar-refractivity contribution is -0.144. The molecule has 192 valence electrons. The standard InChI is InChI=1S/C27H34N4O5/c1-4-29(5-2)18-9-11-19(12-10-18)30-15-7-13-27-22(25(34)31(16-17-32)23(27)26(30)35)21-20(36-27)8-6-14-28(3)24(21)33/h6-13,20-23,32H,4-5,14-17H2,1-3H3/t20-,21+,22-,23?,27-/m0/s1. The van der Waals surface area contributed by atoms with Crippen molar-refractivity contribution in [1.29, 1.82) is 0 Å². The molecule has 9 heteroatoms. The predicted octanol–water partition coefficient (Wildman–Crippen LogP) is 1.04. The van der Waals surface area contributed by atoms with Crippen molar-refractivity contribution in [1.82, 2.24) is 9.80 Å². The highest BCUT2D eigenvalue weighted by atomic mass is 16.5. The van der Waals surface area contributed by atoms with Crippen molar-refractivity contribution in [3.8, 4) is 0 Å². The Labute approximate surface area is 211 Å². The molecule has 1 spiro atoms. The van der Waals surface area contributed by atoms with E-state index in [0.717, 1.165) is 24.5 Å². The SMILES string of the molecule is CCN(CC)c1ccc(N2CC=C[C@]34O[C@H]5C=CCN(C)C(=O)[C@H]5[C@H]3C(=O)N(CCO)C4C2=O)cc1. The first-order valence-corrected chi connectivity index (χ1v) is 12.7. The molecule has 1 aromatic rings. The van der Waals surface area contributed by atoms with Gasteiger partial charge < -0.3 is 29.4 Å². The molecule has 0 aliphatic carbocycles. The summed E-state index contributed by atoms with van der Waals surface area (Å²) in [5, 5.41) is 9.77. The van der Waals surface area contributed by atoms with Crippen LogP contribution in [0.2, 0.25) is 0 Å². The Morgan fingerprint density at radius 1 is 1.03 bits per heavy atom. The number of anilines is 2. The molecule has 0 saturated carbocycles. The van der Waals surface area contributed by atoms with Gasteiger partial charge in [0.1, 0.15) is 11.6 Å². The Hall–Kier alpha value is -3.17. The maximum atomic E-state index is 14.2. The summed E-state index contributed by atoms with van der Waals surface area (Å²) in [6.45, 7) is 6.43. The minimum absolute atomic E-state index is 0.00329. The van der Waals surface area contributed by atoms with Gasteiger partial charge in [0, 0.05) is 51.1 Å². The van der Waals surface area contributed by atoms with Gasteiger partial charge in [-0.05, 0) is 38.1 Å². The number of carbonyl (C=O) groups excluding carboxylic acids is 3. The zero-order valence-electron chi connectivity index (χ0n) is 21.0. The van der Waals surface area contributed by atoms with Crippen molar-refractivity contribution in [2.24, 2.45) is 11.8 Å². The molecule has 4 heterocycles. The summed E-state index contributed by atoms with van der Waals surface area (Å²) in [5.74, 6) is -2.32. The Morgan fingerprint density at radius 2 is 1.75 bits per heavy atom. The molecule has 0 bridgehead atoms. The number of fused-ring (bicyclic) bond motifs is 2. The van der Waals surface area contributed by atoms with Crippen LogP contribution in [0.5, 0.6) is 0 Å². The second-order valence-electron chi connectivity index (χ2n) is 9.78. The lowest BCUT2D eigenvalue weighted by Crippen LogP contribution is -2.55. The number of likely N-dealkylation sites (N-methyl/N-ethyl adjacent to an activating group) is 1. The number of hydrogen-bond donors (Lipinski definition) is 1. The first-order valence-electron chi connectivity index (χ1n) is 12.7. The Balaban J connectivity index is 1.54. The van der Waals surface area contributed by atoms with Gasteiger partial charge >= 0.3 is 0 Å². The molecule has 1 N–H and O–H groups in total. The van der Waals surface area contributed by atoms with E-state index in [1.807, 2.05) is 48.6 Å². The number of ether oxygens (including phenoxy) is 1. The second kappa shape index (κ2) is 9.37. The number of likely N-dealkylation sites (tertiary alicyclic amines) is 1. The van der Waals surface area contributed by atoms with Gasteiger partial charge in [0.15, 0.2) is 0 Å². The molecule has 3 amide bonds. The van der Waals surface area contributed by atoms with E-state index < -0.39 is 29.6 Å². The van der Waals surface area contributed by atoms with Gasteiger partial charge in [0.25, 0.3) is 5.91 Å². The Kier molecular flexibility index (Phi) is 6.38. The summed E-state index contributed by atoms with van der Waals surface area (Å²) in [4.78, 5) is 48.1. The highest BCUT2D eigenvalue weighted by Crippen LogP contribution is 2.53. The van der Waals surface area contributed by atoms with E-state index in [0.29, 0.717) is 13.1 Å². The molecule has 5 atom stereocenters. The number of rotatable bonds is 6. The summed E-state index contributed by atoms with van der Waals surface area (Å²) in [6, 6.07) is 6.86. The fraction of sp³-hybridized carbons (Fsp3) is 0.519. The second-order valence-corrected chi connectivity index (χ2v) is 9.78. The van der Waals surface area contributed by atoms with Crippen molar-refractivity contribution in [2.75, 3.05) is 56.2 Å². The average molecular weight is 495 g/mol. The molecule has 2 fully saturated rings. The number of carbonyl (C=O) groups is 3. The van der Waals surface area contributed by atoms with Crippen LogP contribution in [0.15, 0.2) is 48.6 Å². The number of β-amino-alcohol motifs (C(OH)–C–C–N with tert-alkyl or cyclic N) is 1. The largest absolute Gasteiger partial charge is 0.395 e. The van der Waals surface area contributed by atoms with Crippen LogP contribution in [-0.2, 0) is 19.1 Å². The van der Waals surface area contributed by atoms with Crippen molar-refractivity contribution < 1.29 is 24.2 Å². The minimum atomic E-state index is -1.27. The van der Waals surface area contributed by atoms with Crippen molar-refractivity contribution in [3.63, 3.8) is 0 Å². The minimum Gasteiger partial charge on any atom is -0.395 e. The molecular formula is C27H34N4O5. The maximum absolute atomic E-state index is 14.2. The smallest absolute Gasteiger partial charge is 0.253 e. The van der Waals surface area contributed by atoms with Crippen LogP contribution >= 0.6 is 0 Å². The van der Waals surface area contributed by atoms with E-state index in [1.54, 1.807) is 16.8 Å². The van der Waals surface area contributed by atoms with E-state index in [4.69, 9.17) is 4.74 Å². The third-order valence-electron chi connectivity index (χ3n) is 7.99. The molecule has 4 aliphatic rings. The van der Waals surface area contributed by atoms with Gasteiger partial charge in [-0.25, -0.2) is 0 Å². The van der Waals surface area contributed by atoms with Crippen LogP contribution in [0.3, 0.4) is 0 Å². The average Bonchev–Trinajstić information content (AvgIpc) is 3.19. The monoisotopic (exact) mass is 494 g/mol. The third-order valence-corrected chi connectivity index (χ3v) is 7.99. The van der Waals surface area contributed by atoms with Crippen LogP contribution in [0.1, 0.15) is 13.8 Å². The molecule has 5 rings (SSSR count). The highest BCUT2D eigenvalue weighted by molar-refractivity contribution is 6.05. The normalized spacial score (nSPS) is 31.3. The summed E-state index contributed by atoms with van der Waals surface area (Å²) < 4.78 is 6.52. The van der Waals surface area contributed by atoms with Gasteiger partial charge in [0.05, 0.1) is 24.5 Å². The predicted molar refractivity (Wildman–Crippen MR) is 135 cm³/mol. The molecular weight excluding hydrogens is 460 g/mol. The molecule has 1 unspecified atom stereocenters. The van der Waals surface area contributed by atoms with Crippen LogP contribution in [0.25, 0.3) is 0 Å². The van der Waals surface area contributed by atoms with E-state index >= 15 is 0 Å². The highest BCUT2D eigenvalue weighted by Gasteiger charge is 2.71. The van der Waals surface area contributed by atoms with Crippen molar-refractivity contribution in [3.05, 3.63) is 48.6 Å². The molecule has 9 nitrogen and oxygen atoms in total. The molecule has 1 aromatic carbocycles. The number of amides is 3. The molecule has 2 saturated heterocycles. The first-order chi connectivity index (χ1) is 17.4. The number of nitrogens with zero attached hydrogens (tertiary/aromatic N) is 4. The number of aliphatic hydroxyl groups is 1. The quantitative estimate of drug-likeness (QED) is 0.594. The van der Waals surface area contributed by atoms with E-state index in [1.165, 1.54) is 4.90 Å². The summed E-state index contributed by atoms with van der Waals surface area (Å²) in [5.41, 5.74) is 0.525. The summed E-state index contributed by atoms with van der Waals surface area (Å²) in [7, 11) is 1.71. The zero-order valence-corrected chi connectivity index (χ0v) is 21.0. The van der Waals surface area contributed by atoms with E-state index in [9.17, 15) is 19.5 Å². The zero-order chi connectivity index (χ0) is 25.6. The molecule has 4 aliphatic heterocycles. The van der Waals surface area contributed by atoms with Gasteiger partial charge in [-0.1, -0.05) is 24.3 Å². The van der Waals surface area contributed by atoms with Gasteiger partial charge in [0.2, 0.25) is 11.8 Å². The Bertz CT molecular complexity index is 1100. The van der Waals surface area contributed by atoms with Crippen molar-refractivity contribution >= 4 is 29.1 Å². The van der Waals surface area contributed by atoms with E-state index in [-0.39, 0.29) is 30.9 Å². The van der Waals surface area contributed by atoms with Gasteiger partial charge in [-0.2, -0.15) is 0 Å².